The zero-order valence-electron chi connectivity index (χ0n) is 15.9. The SMILES string of the molecule is Cc1cc(C)c(-n2ccnc2-c2[c-]cc3sc4ccccc4c3c2)c(C)c1.[Ir]. The number of rotatable bonds is 2. The molecule has 0 bridgehead atoms. The van der Waals surface area contributed by atoms with E-state index >= 15 is 0 Å². The van der Waals surface area contributed by atoms with Crippen LogP contribution < -0.4 is 0 Å². The molecule has 2 aromatic heterocycles. The van der Waals surface area contributed by atoms with Gasteiger partial charge < -0.3 is 4.57 Å². The first kappa shape index (κ1) is 19.1. The van der Waals surface area contributed by atoms with Gasteiger partial charge in [0.05, 0.1) is 5.82 Å². The van der Waals surface area contributed by atoms with Crippen molar-refractivity contribution >= 4 is 31.5 Å². The van der Waals surface area contributed by atoms with Crippen LogP contribution in [0.5, 0.6) is 0 Å². The molecule has 0 N–H and O–H groups in total. The molecule has 1 radical (unpaired) electrons. The Balaban J connectivity index is 0.00000192. The summed E-state index contributed by atoms with van der Waals surface area (Å²) in [6.45, 7) is 6.47. The summed E-state index contributed by atoms with van der Waals surface area (Å²) in [6, 6.07) is 20.8. The topological polar surface area (TPSA) is 17.8 Å². The molecule has 0 saturated carbocycles. The predicted molar refractivity (Wildman–Crippen MR) is 115 cm³/mol. The van der Waals surface area contributed by atoms with E-state index in [0.29, 0.717) is 0 Å². The first-order valence-corrected chi connectivity index (χ1v) is 9.88. The van der Waals surface area contributed by atoms with Crippen molar-refractivity contribution in [2.75, 3.05) is 0 Å². The summed E-state index contributed by atoms with van der Waals surface area (Å²) in [6.07, 6.45) is 3.92. The van der Waals surface area contributed by atoms with E-state index in [0.717, 1.165) is 11.4 Å². The Kier molecular flexibility index (Phi) is 4.96. The Morgan fingerprint density at radius 1 is 0.929 bits per heavy atom. The maximum Gasteiger partial charge on any atom is 0.0603 e. The average Bonchev–Trinajstić information content (AvgIpc) is 3.25. The van der Waals surface area contributed by atoms with Crippen LogP contribution in [-0.4, -0.2) is 9.55 Å². The molecule has 0 amide bonds. The van der Waals surface area contributed by atoms with Crippen LogP contribution in [0.4, 0.5) is 0 Å². The molecule has 4 heteroatoms. The first-order valence-electron chi connectivity index (χ1n) is 9.07. The Bertz CT molecular complexity index is 1290. The molecule has 0 atom stereocenters. The van der Waals surface area contributed by atoms with Gasteiger partial charge in [-0.15, -0.1) is 23.8 Å². The van der Waals surface area contributed by atoms with Crippen molar-refractivity contribution in [2.45, 2.75) is 20.8 Å². The minimum Gasteiger partial charge on any atom is -0.340 e. The third-order valence-electron chi connectivity index (χ3n) is 5.07. The van der Waals surface area contributed by atoms with Crippen LogP contribution in [0.2, 0.25) is 0 Å². The van der Waals surface area contributed by atoms with Crippen LogP contribution in [0.3, 0.4) is 0 Å². The fraction of sp³-hybridized carbons (Fsp3) is 0.125. The van der Waals surface area contributed by atoms with E-state index in [4.69, 9.17) is 0 Å². The Morgan fingerprint density at radius 2 is 1.68 bits per heavy atom. The summed E-state index contributed by atoms with van der Waals surface area (Å²) < 4.78 is 4.77. The van der Waals surface area contributed by atoms with E-state index in [2.05, 4.69) is 84.9 Å². The molecule has 0 aliphatic rings. The van der Waals surface area contributed by atoms with E-state index in [1.165, 1.54) is 42.6 Å². The molecule has 28 heavy (non-hydrogen) atoms. The van der Waals surface area contributed by atoms with Crippen molar-refractivity contribution in [1.29, 1.82) is 0 Å². The standard InChI is InChI=1S/C24H19N2S.Ir/c1-15-12-16(2)23(17(3)13-15)26-11-10-25-24(26)18-8-9-22-20(14-18)19-6-4-5-7-21(19)27-22;/h4-7,9-14H,1-3H3;/q-1;. The molecule has 141 valence electrons. The number of benzene rings is 3. The number of aryl methyl sites for hydroxylation is 3. The molecule has 0 spiro atoms. The van der Waals surface area contributed by atoms with E-state index in [9.17, 15) is 0 Å². The van der Waals surface area contributed by atoms with Gasteiger partial charge in [0.1, 0.15) is 0 Å². The third kappa shape index (κ3) is 3.02. The van der Waals surface area contributed by atoms with Crippen molar-refractivity contribution in [2.24, 2.45) is 0 Å². The van der Waals surface area contributed by atoms with Crippen LogP contribution in [-0.2, 0) is 20.1 Å². The molecule has 0 unspecified atom stereocenters. The number of aromatic nitrogens is 2. The van der Waals surface area contributed by atoms with Gasteiger partial charge in [0, 0.05) is 42.9 Å². The molecule has 0 aliphatic carbocycles. The van der Waals surface area contributed by atoms with Crippen molar-refractivity contribution < 1.29 is 20.1 Å². The van der Waals surface area contributed by atoms with Crippen LogP contribution in [0.1, 0.15) is 16.7 Å². The number of thiophene rings is 1. The summed E-state index contributed by atoms with van der Waals surface area (Å²) in [5.41, 5.74) is 6.03. The zero-order chi connectivity index (χ0) is 18.5. The van der Waals surface area contributed by atoms with E-state index in [-0.39, 0.29) is 20.1 Å². The quantitative estimate of drug-likeness (QED) is 0.222. The first-order chi connectivity index (χ1) is 13.1. The van der Waals surface area contributed by atoms with E-state index < -0.39 is 0 Å². The van der Waals surface area contributed by atoms with Gasteiger partial charge in [-0.05, 0) is 48.1 Å². The van der Waals surface area contributed by atoms with Crippen molar-refractivity contribution in [3.05, 3.63) is 83.7 Å². The van der Waals surface area contributed by atoms with Crippen molar-refractivity contribution in [3.63, 3.8) is 0 Å². The minimum absolute atomic E-state index is 0. The molecule has 0 aliphatic heterocycles. The van der Waals surface area contributed by atoms with E-state index in [1.807, 2.05) is 23.7 Å². The number of hydrogen-bond acceptors (Lipinski definition) is 2. The fourth-order valence-corrected chi connectivity index (χ4v) is 5.10. The van der Waals surface area contributed by atoms with Crippen LogP contribution in [0.15, 0.2) is 60.9 Å². The Hall–Kier alpha value is -2.26. The molecule has 0 saturated heterocycles. The molecular weight excluding hydrogens is 541 g/mol. The average molecular weight is 560 g/mol. The smallest absolute Gasteiger partial charge is 0.0603 e. The monoisotopic (exact) mass is 560 g/mol. The molecule has 3 aromatic carbocycles. The fourth-order valence-electron chi connectivity index (χ4n) is 4.03. The van der Waals surface area contributed by atoms with Gasteiger partial charge in [-0.2, -0.15) is 11.3 Å². The van der Waals surface area contributed by atoms with Gasteiger partial charge in [-0.3, -0.25) is 4.98 Å². The Labute approximate surface area is 182 Å². The number of hydrogen-bond donors (Lipinski definition) is 0. The van der Waals surface area contributed by atoms with Gasteiger partial charge in [-0.1, -0.05) is 41.3 Å². The maximum atomic E-state index is 4.67. The molecular formula is C24H19IrN2S-. The number of fused-ring (bicyclic) bond motifs is 3. The van der Waals surface area contributed by atoms with Gasteiger partial charge in [0.15, 0.2) is 0 Å². The van der Waals surface area contributed by atoms with Gasteiger partial charge in [-0.25, -0.2) is 0 Å². The van der Waals surface area contributed by atoms with Gasteiger partial charge in [0.2, 0.25) is 0 Å². The minimum atomic E-state index is 0. The molecule has 5 aromatic rings. The molecule has 2 nitrogen and oxygen atoms in total. The third-order valence-corrected chi connectivity index (χ3v) is 6.20. The number of nitrogens with zero attached hydrogens (tertiary/aromatic N) is 2. The second-order valence-corrected chi connectivity index (χ2v) is 8.17. The van der Waals surface area contributed by atoms with Gasteiger partial charge >= 0.3 is 0 Å². The molecule has 5 rings (SSSR count). The maximum absolute atomic E-state index is 4.67. The Morgan fingerprint density at radius 3 is 2.46 bits per heavy atom. The summed E-state index contributed by atoms with van der Waals surface area (Å²) in [5.74, 6) is 0.933. The van der Waals surface area contributed by atoms with Crippen LogP contribution in [0.25, 0.3) is 37.2 Å². The normalized spacial score (nSPS) is 11.1. The molecule has 0 fully saturated rings. The molecule has 2 heterocycles. The second-order valence-electron chi connectivity index (χ2n) is 7.09. The second kappa shape index (κ2) is 7.29. The largest absolute Gasteiger partial charge is 0.340 e. The summed E-state index contributed by atoms with van der Waals surface area (Å²) >= 11 is 1.82. The predicted octanol–water partition coefficient (Wildman–Crippen LogP) is 6.63. The van der Waals surface area contributed by atoms with Crippen molar-refractivity contribution in [3.8, 4) is 17.1 Å². The summed E-state index contributed by atoms with van der Waals surface area (Å²) in [7, 11) is 0. The van der Waals surface area contributed by atoms with Gasteiger partial charge in [0.25, 0.3) is 0 Å². The summed E-state index contributed by atoms with van der Waals surface area (Å²) in [5, 5.41) is 2.57. The summed E-state index contributed by atoms with van der Waals surface area (Å²) in [4.78, 5) is 4.67. The zero-order valence-corrected chi connectivity index (χ0v) is 19.1. The van der Waals surface area contributed by atoms with Crippen molar-refractivity contribution in [1.82, 2.24) is 9.55 Å². The van der Waals surface area contributed by atoms with Crippen LogP contribution in [0, 0.1) is 26.8 Å². The number of imidazole rings is 1. The van der Waals surface area contributed by atoms with Crippen LogP contribution >= 0.6 is 11.3 Å². The van der Waals surface area contributed by atoms with E-state index in [1.54, 1.807) is 0 Å².